The van der Waals surface area contributed by atoms with E-state index < -0.39 is 0 Å². The van der Waals surface area contributed by atoms with Crippen molar-refractivity contribution in [1.82, 2.24) is 4.90 Å². The zero-order valence-corrected chi connectivity index (χ0v) is 7.66. The molecule has 0 aliphatic carbocycles. The van der Waals surface area contributed by atoms with Gasteiger partial charge in [-0.1, -0.05) is 6.58 Å². The van der Waals surface area contributed by atoms with E-state index in [4.69, 9.17) is 4.74 Å². The fourth-order valence-corrected chi connectivity index (χ4v) is 0.587. The maximum atomic E-state index is 5.02. The second kappa shape index (κ2) is 4.77. The molecule has 0 heterocycles. The molecule has 0 aromatic rings. The van der Waals surface area contributed by atoms with Crippen LogP contribution in [0.25, 0.3) is 0 Å². The zero-order valence-electron chi connectivity index (χ0n) is 7.66. The molecule has 3 heteroatoms. The van der Waals surface area contributed by atoms with Crippen LogP contribution in [-0.2, 0) is 4.74 Å². The monoisotopic (exact) mass is 156 g/mol. The highest BCUT2D eigenvalue weighted by atomic mass is 16.5. The average molecular weight is 156 g/mol. The minimum absolute atomic E-state index is 0.383. The summed E-state index contributed by atoms with van der Waals surface area (Å²) < 4.78 is 5.02. The lowest BCUT2D eigenvalue weighted by atomic mass is 10.4. The van der Waals surface area contributed by atoms with Crippen molar-refractivity contribution in [2.75, 3.05) is 14.2 Å². The van der Waals surface area contributed by atoms with Crippen LogP contribution in [0.15, 0.2) is 17.8 Å². The van der Waals surface area contributed by atoms with Crippen molar-refractivity contribution in [2.45, 2.75) is 19.9 Å². The summed E-state index contributed by atoms with van der Waals surface area (Å²) in [5, 5.41) is 0. The van der Waals surface area contributed by atoms with Crippen LogP contribution in [0.5, 0.6) is 0 Å². The predicted octanol–water partition coefficient (Wildman–Crippen LogP) is 1.47. The lowest BCUT2D eigenvalue weighted by Crippen LogP contribution is -2.33. The summed E-state index contributed by atoms with van der Waals surface area (Å²) in [7, 11) is 3.53. The topological polar surface area (TPSA) is 24.8 Å². The minimum Gasteiger partial charge on any atom is -0.468 e. The van der Waals surface area contributed by atoms with Crippen LogP contribution in [0.2, 0.25) is 0 Å². The van der Waals surface area contributed by atoms with Gasteiger partial charge in [-0.3, -0.25) is 0 Å². The van der Waals surface area contributed by atoms with Gasteiger partial charge in [0.2, 0.25) is 0 Å². The molecule has 0 atom stereocenters. The number of methoxy groups -OCH3 is 1. The van der Waals surface area contributed by atoms with Gasteiger partial charge < -0.3 is 9.64 Å². The first-order valence-electron chi connectivity index (χ1n) is 3.59. The van der Waals surface area contributed by atoms with Crippen molar-refractivity contribution in [3.8, 4) is 0 Å². The third-order valence-electron chi connectivity index (χ3n) is 1.46. The van der Waals surface area contributed by atoms with Gasteiger partial charge in [0, 0.05) is 19.3 Å². The maximum absolute atomic E-state index is 5.02. The Morgan fingerprint density at radius 2 is 2.18 bits per heavy atom. The van der Waals surface area contributed by atoms with Gasteiger partial charge in [-0.2, -0.15) is 0 Å². The van der Waals surface area contributed by atoms with Crippen LogP contribution in [0, 0.1) is 0 Å². The second-order valence-corrected chi connectivity index (χ2v) is 2.50. The molecule has 0 fully saturated rings. The van der Waals surface area contributed by atoms with Crippen molar-refractivity contribution in [3.63, 3.8) is 0 Å². The standard InChI is InChI=1S/C8H16N2O/c1-6-9-8(11-5)10(4)7(2)3/h6-7H,1H2,2-5H3. The molecule has 0 N–H and O–H groups in total. The van der Waals surface area contributed by atoms with Crippen LogP contribution >= 0.6 is 0 Å². The van der Waals surface area contributed by atoms with Gasteiger partial charge in [0.15, 0.2) is 0 Å². The number of hydrogen-bond donors (Lipinski definition) is 0. The number of ether oxygens (including phenoxy) is 1. The number of rotatable bonds is 2. The predicted molar refractivity (Wildman–Crippen MR) is 47.5 cm³/mol. The molecule has 11 heavy (non-hydrogen) atoms. The van der Waals surface area contributed by atoms with Crippen molar-refractivity contribution in [3.05, 3.63) is 12.8 Å². The van der Waals surface area contributed by atoms with Gasteiger partial charge in [-0.25, -0.2) is 4.99 Å². The van der Waals surface area contributed by atoms with E-state index in [-0.39, 0.29) is 0 Å². The van der Waals surface area contributed by atoms with Gasteiger partial charge in [0.25, 0.3) is 6.02 Å². The highest BCUT2D eigenvalue weighted by Crippen LogP contribution is 1.96. The van der Waals surface area contributed by atoms with Gasteiger partial charge in [-0.15, -0.1) is 0 Å². The number of nitrogens with zero attached hydrogens (tertiary/aromatic N) is 2. The minimum atomic E-state index is 0.383. The van der Waals surface area contributed by atoms with Crippen molar-refractivity contribution >= 4 is 6.02 Å². The molecule has 0 aliphatic heterocycles. The van der Waals surface area contributed by atoms with Gasteiger partial charge >= 0.3 is 0 Å². The van der Waals surface area contributed by atoms with Crippen LogP contribution in [-0.4, -0.2) is 31.1 Å². The van der Waals surface area contributed by atoms with E-state index in [2.05, 4.69) is 25.4 Å². The van der Waals surface area contributed by atoms with Gasteiger partial charge in [-0.05, 0) is 13.8 Å². The Morgan fingerprint density at radius 3 is 2.45 bits per heavy atom. The Hall–Kier alpha value is -0.990. The first kappa shape index (κ1) is 10.0. The Morgan fingerprint density at radius 1 is 1.64 bits per heavy atom. The summed E-state index contributed by atoms with van der Waals surface area (Å²) in [6.45, 7) is 7.63. The number of amidine groups is 1. The molecule has 0 radical (unpaired) electrons. The Labute approximate surface area is 68.4 Å². The molecule has 0 unspecified atom stereocenters. The van der Waals surface area contributed by atoms with E-state index in [1.54, 1.807) is 7.11 Å². The van der Waals surface area contributed by atoms with Gasteiger partial charge in [0.05, 0.1) is 7.11 Å². The molecule has 0 saturated carbocycles. The molecule has 0 rings (SSSR count). The highest BCUT2D eigenvalue weighted by Gasteiger charge is 2.08. The maximum Gasteiger partial charge on any atom is 0.291 e. The van der Waals surface area contributed by atoms with Crippen LogP contribution in [0.4, 0.5) is 0 Å². The fraction of sp³-hybridized carbons (Fsp3) is 0.625. The van der Waals surface area contributed by atoms with Crippen LogP contribution < -0.4 is 0 Å². The molecule has 64 valence electrons. The van der Waals surface area contributed by atoms with E-state index in [0.717, 1.165) is 0 Å². The number of aliphatic imine (C=N–C) groups is 1. The Kier molecular flexibility index (Phi) is 4.34. The SMILES string of the molecule is C=CN=C(OC)N(C)C(C)C. The van der Waals surface area contributed by atoms with E-state index in [9.17, 15) is 0 Å². The quantitative estimate of drug-likeness (QED) is 0.447. The highest BCUT2D eigenvalue weighted by molar-refractivity contribution is 5.74. The lowest BCUT2D eigenvalue weighted by Gasteiger charge is -2.22. The summed E-state index contributed by atoms with van der Waals surface area (Å²) in [6, 6.07) is 0.976. The third kappa shape index (κ3) is 3.07. The van der Waals surface area contributed by atoms with Crippen molar-refractivity contribution < 1.29 is 4.74 Å². The molecular formula is C8H16N2O. The third-order valence-corrected chi connectivity index (χ3v) is 1.46. The van der Waals surface area contributed by atoms with Gasteiger partial charge in [0.1, 0.15) is 0 Å². The Balaban J connectivity index is 4.25. The summed E-state index contributed by atoms with van der Waals surface area (Å²) in [6.07, 6.45) is 1.47. The molecule has 3 nitrogen and oxygen atoms in total. The van der Waals surface area contributed by atoms with Crippen molar-refractivity contribution in [1.29, 1.82) is 0 Å². The van der Waals surface area contributed by atoms with E-state index in [1.807, 2.05) is 11.9 Å². The first-order valence-corrected chi connectivity index (χ1v) is 3.59. The molecule has 0 saturated heterocycles. The molecule has 0 bridgehead atoms. The smallest absolute Gasteiger partial charge is 0.291 e. The first-order chi connectivity index (χ1) is 5.13. The largest absolute Gasteiger partial charge is 0.468 e. The molecule has 0 aromatic carbocycles. The number of hydrogen-bond acceptors (Lipinski definition) is 2. The summed E-state index contributed by atoms with van der Waals surface area (Å²) >= 11 is 0. The van der Waals surface area contributed by atoms with E-state index in [1.165, 1.54) is 6.20 Å². The van der Waals surface area contributed by atoms with Crippen LogP contribution in [0.3, 0.4) is 0 Å². The molecule has 0 spiro atoms. The zero-order chi connectivity index (χ0) is 8.85. The summed E-state index contributed by atoms with van der Waals surface area (Å²) in [5.74, 6) is 0. The molecule has 0 amide bonds. The summed E-state index contributed by atoms with van der Waals surface area (Å²) in [5.41, 5.74) is 0. The van der Waals surface area contributed by atoms with E-state index in [0.29, 0.717) is 12.1 Å². The Bertz CT molecular complexity index is 152. The molecular weight excluding hydrogens is 140 g/mol. The van der Waals surface area contributed by atoms with E-state index >= 15 is 0 Å². The fourth-order valence-electron chi connectivity index (χ4n) is 0.587. The van der Waals surface area contributed by atoms with Crippen LogP contribution in [0.1, 0.15) is 13.8 Å². The lowest BCUT2D eigenvalue weighted by molar-refractivity contribution is 0.281. The summed E-state index contributed by atoms with van der Waals surface area (Å²) in [4.78, 5) is 5.88. The normalized spacial score (nSPS) is 11.5. The van der Waals surface area contributed by atoms with Crippen molar-refractivity contribution in [2.24, 2.45) is 4.99 Å². The molecule has 0 aliphatic rings. The molecule has 0 aromatic heterocycles. The second-order valence-electron chi connectivity index (χ2n) is 2.50. The average Bonchev–Trinajstić information content (AvgIpc) is 1.98.